The summed E-state index contributed by atoms with van der Waals surface area (Å²) >= 11 is 0. The Labute approximate surface area is 169 Å². The molecule has 3 aromatic rings. The highest BCUT2D eigenvalue weighted by molar-refractivity contribution is 5.91. The molecule has 0 radical (unpaired) electrons. The van der Waals surface area contributed by atoms with Gasteiger partial charge < -0.3 is 14.3 Å². The van der Waals surface area contributed by atoms with E-state index in [1.165, 1.54) is 6.08 Å². The second-order valence-corrected chi connectivity index (χ2v) is 7.15. The van der Waals surface area contributed by atoms with Gasteiger partial charge in [-0.3, -0.25) is 10.0 Å². The molecule has 7 nitrogen and oxygen atoms in total. The SMILES string of the molecule is Cc1nc(-c2cccc(/C=C/C(=O)NO)c2)n([C@@H]2CCCNC2)c1-c1ccco1. The monoisotopic (exact) mass is 392 g/mol. The van der Waals surface area contributed by atoms with Crippen LogP contribution in [0, 0.1) is 6.92 Å². The first-order chi connectivity index (χ1) is 14.2. The molecule has 1 aromatic carbocycles. The minimum absolute atomic E-state index is 0.277. The predicted octanol–water partition coefficient (Wildman–Crippen LogP) is 3.56. The third-order valence-corrected chi connectivity index (χ3v) is 5.16. The van der Waals surface area contributed by atoms with E-state index in [-0.39, 0.29) is 6.04 Å². The molecule has 1 fully saturated rings. The number of hydrogen-bond donors (Lipinski definition) is 3. The Kier molecular flexibility index (Phi) is 5.59. The summed E-state index contributed by atoms with van der Waals surface area (Å²) in [5, 5.41) is 12.2. The van der Waals surface area contributed by atoms with Gasteiger partial charge in [-0.1, -0.05) is 18.2 Å². The van der Waals surface area contributed by atoms with Crippen LogP contribution >= 0.6 is 0 Å². The number of rotatable bonds is 5. The highest BCUT2D eigenvalue weighted by atomic mass is 16.5. The number of nitrogens with one attached hydrogen (secondary N) is 2. The van der Waals surface area contributed by atoms with E-state index >= 15 is 0 Å². The minimum Gasteiger partial charge on any atom is -0.463 e. The van der Waals surface area contributed by atoms with Gasteiger partial charge in [0.05, 0.1) is 12.0 Å². The van der Waals surface area contributed by atoms with Crippen molar-refractivity contribution < 1.29 is 14.4 Å². The molecule has 2 aromatic heterocycles. The van der Waals surface area contributed by atoms with Crippen LogP contribution in [0.25, 0.3) is 28.9 Å². The first-order valence-electron chi connectivity index (χ1n) is 9.73. The number of hydroxylamine groups is 1. The maximum atomic E-state index is 11.3. The number of carbonyl (C=O) groups is 1. The summed E-state index contributed by atoms with van der Waals surface area (Å²) in [5.74, 6) is 1.12. The molecule has 1 atom stereocenters. The second kappa shape index (κ2) is 8.46. The van der Waals surface area contributed by atoms with Gasteiger partial charge in [0.2, 0.25) is 0 Å². The quantitative estimate of drug-likeness (QED) is 0.351. The van der Waals surface area contributed by atoms with Crippen LogP contribution in [0.15, 0.2) is 53.2 Å². The number of aryl methyl sites for hydroxylation is 1. The molecule has 1 aliphatic rings. The molecule has 1 saturated heterocycles. The number of hydrogen-bond acceptors (Lipinski definition) is 5. The zero-order valence-electron chi connectivity index (χ0n) is 16.3. The van der Waals surface area contributed by atoms with Gasteiger partial charge in [0.25, 0.3) is 5.91 Å². The van der Waals surface area contributed by atoms with Crippen LogP contribution in [0.3, 0.4) is 0 Å². The molecular weight excluding hydrogens is 368 g/mol. The molecule has 1 amide bonds. The van der Waals surface area contributed by atoms with Crippen LogP contribution in [0.4, 0.5) is 0 Å². The molecule has 0 aliphatic carbocycles. The fourth-order valence-electron chi connectivity index (χ4n) is 3.86. The molecule has 1 aliphatic heterocycles. The molecule has 0 bridgehead atoms. The Hall–Kier alpha value is -3.16. The fourth-order valence-corrected chi connectivity index (χ4v) is 3.86. The maximum Gasteiger partial charge on any atom is 0.267 e. The summed E-state index contributed by atoms with van der Waals surface area (Å²) in [5.41, 5.74) is 5.33. The van der Waals surface area contributed by atoms with Crippen molar-refractivity contribution in [3.8, 4) is 22.8 Å². The summed E-state index contributed by atoms with van der Waals surface area (Å²) in [7, 11) is 0. The van der Waals surface area contributed by atoms with Crippen molar-refractivity contribution in [2.75, 3.05) is 13.1 Å². The average molecular weight is 392 g/mol. The smallest absolute Gasteiger partial charge is 0.267 e. The van der Waals surface area contributed by atoms with Crippen LogP contribution in [0.2, 0.25) is 0 Å². The Morgan fingerprint density at radius 1 is 1.38 bits per heavy atom. The zero-order chi connectivity index (χ0) is 20.2. The van der Waals surface area contributed by atoms with Crippen molar-refractivity contribution in [1.29, 1.82) is 0 Å². The largest absolute Gasteiger partial charge is 0.463 e. The number of piperidine rings is 1. The van der Waals surface area contributed by atoms with Gasteiger partial charge in [0.1, 0.15) is 11.5 Å². The van der Waals surface area contributed by atoms with Crippen molar-refractivity contribution in [3.63, 3.8) is 0 Å². The van der Waals surface area contributed by atoms with Gasteiger partial charge >= 0.3 is 0 Å². The highest BCUT2D eigenvalue weighted by Gasteiger charge is 2.26. The second-order valence-electron chi connectivity index (χ2n) is 7.15. The van der Waals surface area contributed by atoms with Gasteiger partial charge in [0.15, 0.2) is 5.76 Å². The predicted molar refractivity (Wildman–Crippen MR) is 110 cm³/mol. The number of nitrogens with zero attached hydrogens (tertiary/aromatic N) is 2. The fraction of sp³-hybridized carbons (Fsp3) is 0.273. The summed E-state index contributed by atoms with van der Waals surface area (Å²) in [6, 6.07) is 12.0. The van der Waals surface area contributed by atoms with Crippen LogP contribution in [-0.2, 0) is 4.79 Å². The lowest BCUT2D eigenvalue weighted by molar-refractivity contribution is -0.124. The number of aromatic nitrogens is 2. The topological polar surface area (TPSA) is 92.3 Å². The van der Waals surface area contributed by atoms with E-state index < -0.39 is 5.91 Å². The average Bonchev–Trinajstić information content (AvgIpc) is 3.40. The van der Waals surface area contributed by atoms with Gasteiger partial charge in [-0.2, -0.15) is 0 Å². The van der Waals surface area contributed by atoms with Crippen molar-refractivity contribution in [1.82, 2.24) is 20.3 Å². The van der Waals surface area contributed by atoms with Crippen LogP contribution in [0.1, 0.15) is 30.1 Å². The number of benzene rings is 1. The first kappa shape index (κ1) is 19.2. The van der Waals surface area contributed by atoms with Gasteiger partial charge in [0, 0.05) is 24.2 Å². The lowest BCUT2D eigenvalue weighted by atomic mass is 10.0. The molecule has 7 heteroatoms. The molecule has 3 N–H and O–H groups in total. The Balaban J connectivity index is 1.81. The van der Waals surface area contributed by atoms with Crippen molar-refractivity contribution in [2.45, 2.75) is 25.8 Å². The third kappa shape index (κ3) is 4.01. The minimum atomic E-state index is -0.568. The van der Waals surface area contributed by atoms with Gasteiger partial charge in [-0.25, -0.2) is 10.5 Å². The molecule has 3 heterocycles. The summed E-state index contributed by atoms with van der Waals surface area (Å²) < 4.78 is 8.00. The van der Waals surface area contributed by atoms with Crippen LogP contribution in [0.5, 0.6) is 0 Å². The van der Waals surface area contributed by atoms with E-state index in [2.05, 4.69) is 9.88 Å². The Bertz CT molecular complexity index is 1010. The summed E-state index contributed by atoms with van der Waals surface area (Å²) in [6.45, 7) is 3.92. The van der Waals surface area contributed by atoms with Crippen molar-refractivity contribution in [2.24, 2.45) is 0 Å². The van der Waals surface area contributed by atoms with E-state index in [9.17, 15) is 4.79 Å². The number of amides is 1. The lowest BCUT2D eigenvalue weighted by Crippen LogP contribution is -2.32. The van der Waals surface area contributed by atoms with E-state index in [4.69, 9.17) is 14.6 Å². The molecule has 0 unspecified atom stereocenters. The van der Waals surface area contributed by atoms with E-state index in [0.717, 1.165) is 60.0 Å². The zero-order valence-corrected chi connectivity index (χ0v) is 16.3. The number of carbonyl (C=O) groups excluding carboxylic acids is 1. The van der Waals surface area contributed by atoms with E-state index in [0.29, 0.717) is 0 Å². The highest BCUT2D eigenvalue weighted by Crippen LogP contribution is 2.35. The first-order valence-corrected chi connectivity index (χ1v) is 9.73. The van der Waals surface area contributed by atoms with E-state index in [1.807, 2.05) is 43.3 Å². The van der Waals surface area contributed by atoms with Crippen molar-refractivity contribution in [3.05, 3.63) is 60.0 Å². The lowest BCUT2D eigenvalue weighted by Gasteiger charge is -2.27. The normalized spacial score (nSPS) is 17.0. The standard InChI is InChI=1S/C22H24N4O3/c1-15-21(19-8-4-12-29-19)26(18-7-3-11-23-14-18)22(24-15)17-6-2-5-16(13-17)9-10-20(27)25-28/h2,4-6,8-10,12-13,18,23,28H,3,7,11,14H2,1H3,(H,25,27)/b10-9+/t18-/m1/s1. The number of imidazole rings is 1. The molecule has 29 heavy (non-hydrogen) atoms. The van der Waals surface area contributed by atoms with Crippen LogP contribution < -0.4 is 10.8 Å². The molecule has 150 valence electrons. The van der Waals surface area contributed by atoms with Crippen LogP contribution in [-0.4, -0.2) is 33.8 Å². The third-order valence-electron chi connectivity index (χ3n) is 5.16. The maximum absolute atomic E-state index is 11.3. The molecule has 0 spiro atoms. The molecule has 0 saturated carbocycles. The molecular formula is C22H24N4O3. The van der Waals surface area contributed by atoms with Crippen molar-refractivity contribution >= 4 is 12.0 Å². The van der Waals surface area contributed by atoms with Gasteiger partial charge in [-0.05, 0) is 56.1 Å². The van der Waals surface area contributed by atoms with Gasteiger partial charge in [-0.15, -0.1) is 0 Å². The Morgan fingerprint density at radius 2 is 2.28 bits per heavy atom. The van der Waals surface area contributed by atoms with E-state index in [1.54, 1.807) is 17.8 Å². The summed E-state index contributed by atoms with van der Waals surface area (Å²) in [6.07, 6.45) is 6.81. The summed E-state index contributed by atoms with van der Waals surface area (Å²) in [4.78, 5) is 16.2. The number of furan rings is 1. The Morgan fingerprint density at radius 3 is 3.00 bits per heavy atom. The molecule has 4 rings (SSSR count).